The number of rotatable bonds is 3. The van der Waals surface area contributed by atoms with Gasteiger partial charge >= 0.3 is 0 Å². The number of aromatic amines is 1. The molecule has 1 N–H and O–H groups in total. The van der Waals surface area contributed by atoms with Crippen LogP contribution < -0.4 is 0 Å². The lowest BCUT2D eigenvalue weighted by Gasteiger charge is -2.25. The van der Waals surface area contributed by atoms with E-state index in [-0.39, 0.29) is 0 Å². The summed E-state index contributed by atoms with van der Waals surface area (Å²) < 4.78 is 5.04. The highest BCUT2D eigenvalue weighted by Crippen LogP contribution is 2.14. The van der Waals surface area contributed by atoms with Gasteiger partial charge < -0.3 is 4.74 Å². The van der Waals surface area contributed by atoms with Crippen LogP contribution in [0.2, 0.25) is 0 Å². The molecule has 2 heterocycles. The summed E-state index contributed by atoms with van der Waals surface area (Å²) >= 11 is 0. The van der Waals surface area contributed by atoms with Crippen LogP contribution in [-0.2, 0) is 17.7 Å². The Labute approximate surface area is 77.9 Å². The fraction of sp³-hybridized carbons (Fsp3) is 0.667. The van der Waals surface area contributed by atoms with E-state index in [9.17, 15) is 0 Å². The molecule has 2 rings (SSSR count). The van der Waals surface area contributed by atoms with E-state index >= 15 is 0 Å². The Balaban J connectivity index is 1.93. The molecule has 1 aliphatic heterocycles. The Morgan fingerprint density at radius 3 is 3.46 bits per heavy atom. The van der Waals surface area contributed by atoms with E-state index in [0.29, 0.717) is 0 Å². The molecule has 0 saturated carbocycles. The summed E-state index contributed by atoms with van der Waals surface area (Å²) in [4.78, 5) is 2.36. The quantitative estimate of drug-likeness (QED) is 0.723. The molecular weight excluding hydrogens is 166 g/mol. The lowest BCUT2D eigenvalue weighted by molar-refractivity contribution is 0.140. The maximum atomic E-state index is 5.04. The van der Waals surface area contributed by atoms with Crippen LogP contribution in [0.5, 0.6) is 0 Å². The summed E-state index contributed by atoms with van der Waals surface area (Å²) in [6.07, 6.45) is 4.02. The van der Waals surface area contributed by atoms with Crippen LogP contribution >= 0.6 is 0 Å². The predicted molar refractivity (Wildman–Crippen MR) is 48.3 cm³/mol. The van der Waals surface area contributed by atoms with E-state index in [1.165, 1.54) is 11.3 Å². The van der Waals surface area contributed by atoms with Crippen molar-refractivity contribution in [1.29, 1.82) is 0 Å². The molecule has 0 atom stereocenters. The fourth-order valence-corrected chi connectivity index (χ4v) is 1.62. The zero-order valence-corrected chi connectivity index (χ0v) is 7.84. The number of fused-ring (bicyclic) bond motifs is 1. The molecule has 0 fully saturated rings. The van der Waals surface area contributed by atoms with Crippen molar-refractivity contribution in [3.8, 4) is 0 Å². The third kappa shape index (κ3) is 1.89. The molecule has 1 radical (unpaired) electrons. The van der Waals surface area contributed by atoms with Gasteiger partial charge in [-0.05, 0) is 6.42 Å². The van der Waals surface area contributed by atoms with Crippen LogP contribution in [0.1, 0.15) is 11.3 Å². The van der Waals surface area contributed by atoms with Crippen LogP contribution in [0.25, 0.3) is 0 Å². The Bertz CT molecular complexity index is 272. The molecule has 0 amide bonds. The van der Waals surface area contributed by atoms with Gasteiger partial charge in [0, 0.05) is 32.3 Å². The molecule has 0 saturated heterocycles. The molecule has 71 valence electrons. The molecule has 1 aliphatic rings. The molecule has 0 aromatic carbocycles. The van der Waals surface area contributed by atoms with Gasteiger partial charge in [0.2, 0.25) is 0 Å². The van der Waals surface area contributed by atoms with Gasteiger partial charge in [0.05, 0.1) is 12.3 Å². The minimum absolute atomic E-state index is 0.799. The fourth-order valence-electron chi connectivity index (χ4n) is 1.62. The average Bonchev–Trinajstić information content (AvgIpc) is 2.61. The second-order valence-electron chi connectivity index (χ2n) is 3.31. The number of ether oxygens (including phenoxy) is 1. The molecule has 1 aromatic rings. The van der Waals surface area contributed by atoms with E-state index in [1.54, 1.807) is 7.11 Å². The van der Waals surface area contributed by atoms with Gasteiger partial charge in [-0.1, -0.05) is 0 Å². The van der Waals surface area contributed by atoms with Crippen LogP contribution in [-0.4, -0.2) is 41.9 Å². The third-order valence-corrected chi connectivity index (χ3v) is 2.42. The van der Waals surface area contributed by atoms with E-state index in [0.717, 1.165) is 32.7 Å². The molecule has 4 nitrogen and oxygen atoms in total. The zero-order valence-electron chi connectivity index (χ0n) is 7.84. The minimum Gasteiger partial charge on any atom is -0.383 e. The van der Waals surface area contributed by atoms with Gasteiger partial charge in [0.25, 0.3) is 0 Å². The number of hydrogen-bond acceptors (Lipinski definition) is 3. The highest BCUT2D eigenvalue weighted by atomic mass is 16.5. The normalized spacial score (nSPS) is 17.3. The molecule has 4 heteroatoms. The molecule has 0 aliphatic carbocycles. The smallest absolute Gasteiger partial charge is 0.116 e. The number of hydrogen-bond donors (Lipinski definition) is 1. The van der Waals surface area contributed by atoms with Gasteiger partial charge in [-0.3, -0.25) is 10.00 Å². The Morgan fingerprint density at radius 2 is 2.62 bits per heavy atom. The van der Waals surface area contributed by atoms with Crippen LogP contribution in [0.3, 0.4) is 0 Å². The largest absolute Gasteiger partial charge is 0.383 e. The number of methoxy groups -OCH3 is 1. The summed E-state index contributed by atoms with van der Waals surface area (Å²) in [7, 11) is 1.74. The first-order chi connectivity index (χ1) is 6.40. The van der Waals surface area contributed by atoms with E-state index in [2.05, 4.69) is 21.3 Å². The van der Waals surface area contributed by atoms with Crippen molar-refractivity contribution >= 4 is 0 Å². The predicted octanol–water partition coefficient (Wildman–Crippen LogP) is 0.214. The molecule has 0 bridgehead atoms. The lowest BCUT2D eigenvalue weighted by Crippen LogP contribution is -2.32. The van der Waals surface area contributed by atoms with Crippen molar-refractivity contribution in [2.75, 3.05) is 26.8 Å². The maximum absolute atomic E-state index is 5.04. The zero-order chi connectivity index (χ0) is 9.10. The molecule has 13 heavy (non-hydrogen) atoms. The first-order valence-electron chi connectivity index (χ1n) is 4.55. The second-order valence-corrected chi connectivity index (χ2v) is 3.31. The Kier molecular flexibility index (Phi) is 2.61. The van der Waals surface area contributed by atoms with Gasteiger partial charge in [-0.2, -0.15) is 5.10 Å². The molecular formula is C9H14N3O. The molecule has 0 unspecified atom stereocenters. The summed E-state index contributed by atoms with van der Waals surface area (Å²) in [6.45, 7) is 3.84. The Hall–Kier alpha value is -0.870. The van der Waals surface area contributed by atoms with Crippen molar-refractivity contribution in [1.82, 2.24) is 15.1 Å². The highest BCUT2D eigenvalue weighted by molar-refractivity contribution is 5.17. The Morgan fingerprint density at radius 1 is 1.69 bits per heavy atom. The van der Waals surface area contributed by atoms with E-state index in [4.69, 9.17) is 4.74 Å². The molecule has 1 aromatic heterocycles. The number of nitrogens with one attached hydrogen (secondary N) is 1. The summed E-state index contributed by atoms with van der Waals surface area (Å²) in [6, 6.07) is 0. The summed E-state index contributed by atoms with van der Waals surface area (Å²) in [5, 5.41) is 6.89. The molecule has 0 spiro atoms. The van der Waals surface area contributed by atoms with Crippen LogP contribution in [0, 0.1) is 6.20 Å². The number of aromatic nitrogens is 2. The monoisotopic (exact) mass is 180 g/mol. The van der Waals surface area contributed by atoms with E-state index < -0.39 is 0 Å². The van der Waals surface area contributed by atoms with Gasteiger partial charge in [-0.25, -0.2) is 0 Å². The lowest BCUT2D eigenvalue weighted by atomic mass is 10.1. The minimum atomic E-state index is 0.799. The van der Waals surface area contributed by atoms with Gasteiger partial charge in [0.1, 0.15) is 6.20 Å². The number of nitrogens with zero attached hydrogens (tertiary/aromatic N) is 2. The summed E-state index contributed by atoms with van der Waals surface area (Å²) in [5.41, 5.74) is 2.45. The van der Waals surface area contributed by atoms with Crippen molar-refractivity contribution in [2.45, 2.75) is 13.0 Å². The van der Waals surface area contributed by atoms with Crippen LogP contribution in [0.15, 0.2) is 0 Å². The average molecular weight is 180 g/mol. The third-order valence-electron chi connectivity index (χ3n) is 2.42. The second kappa shape index (κ2) is 3.89. The standard InChI is InChI=1S/C9H14N3O/c1-13-5-4-12-3-2-8-6-10-11-9(8)7-12/h2-5,7H2,1H3,(H,10,11). The summed E-state index contributed by atoms with van der Waals surface area (Å²) in [5.74, 6) is 0. The highest BCUT2D eigenvalue weighted by Gasteiger charge is 2.17. The van der Waals surface area contributed by atoms with Gasteiger partial charge in [0.15, 0.2) is 0 Å². The maximum Gasteiger partial charge on any atom is 0.116 e. The topological polar surface area (TPSA) is 41.1 Å². The van der Waals surface area contributed by atoms with Gasteiger partial charge in [-0.15, -0.1) is 0 Å². The SMILES string of the molecule is COCCN1CCc2[c]n[nH]c2C1. The van der Waals surface area contributed by atoms with Crippen LogP contribution in [0.4, 0.5) is 0 Å². The van der Waals surface area contributed by atoms with Crippen molar-refractivity contribution in [2.24, 2.45) is 0 Å². The van der Waals surface area contributed by atoms with Crippen molar-refractivity contribution in [3.05, 3.63) is 17.5 Å². The van der Waals surface area contributed by atoms with E-state index in [1.807, 2.05) is 0 Å². The first kappa shape index (κ1) is 8.72. The number of H-pyrrole nitrogens is 1. The first-order valence-corrected chi connectivity index (χ1v) is 4.55. The van der Waals surface area contributed by atoms with Crippen molar-refractivity contribution < 1.29 is 4.74 Å². The van der Waals surface area contributed by atoms with Crippen molar-refractivity contribution in [3.63, 3.8) is 0 Å².